The zero-order valence-electron chi connectivity index (χ0n) is 21.2. The van der Waals surface area contributed by atoms with Gasteiger partial charge in [-0.25, -0.2) is 9.79 Å². The highest BCUT2D eigenvalue weighted by Crippen LogP contribution is 2.34. The lowest BCUT2D eigenvalue weighted by molar-refractivity contribution is -0.139. The van der Waals surface area contributed by atoms with Gasteiger partial charge in [-0.2, -0.15) is 0 Å². The summed E-state index contributed by atoms with van der Waals surface area (Å²) in [5.74, 6) is 1.26. The fourth-order valence-electron chi connectivity index (χ4n) is 4.15. The molecule has 0 saturated heterocycles. The third-order valence-corrected chi connectivity index (χ3v) is 7.47. The molecule has 0 N–H and O–H groups in total. The molecule has 4 rings (SSSR count). The van der Waals surface area contributed by atoms with Crippen LogP contribution < -0.4 is 29.1 Å². The van der Waals surface area contributed by atoms with E-state index < -0.39 is 12.0 Å². The molecule has 1 aliphatic rings. The highest BCUT2D eigenvalue weighted by atomic mass is 79.9. The van der Waals surface area contributed by atoms with Gasteiger partial charge in [-0.3, -0.25) is 9.36 Å². The normalized spacial score (nSPS) is 15.2. The van der Waals surface area contributed by atoms with Crippen LogP contribution in [0.2, 0.25) is 0 Å². The van der Waals surface area contributed by atoms with E-state index >= 15 is 0 Å². The van der Waals surface area contributed by atoms with Crippen LogP contribution in [0.25, 0.3) is 6.08 Å². The number of carbonyl (C=O) groups is 1. The molecule has 1 atom stereocenters. The molecule has 1 aliphatic heterocycles. The van der Waals surface area contributed by atoms with Gasteiger partial charge in [0.15, 0.2) is 16.3 Å². The Morgan fingerprint density at radius 2 is 1.92 bits per heavy atom. The Morgan fingerprint density at radius 3 is 2.59 bits per heavy atom. The van der Waals surface area contributed by atoms with Crippen molar-refractivity contribution in [2.24, 2.45) is 4.99 Å². The van der Waals surface area contributed by atoms with E-state index in [0.29, 0.717) is 50.0 Å². The van der Waals surface area contributed by atoms with Gasteiger partial charge in [-0.05, 0) is 62.2 Å². The van der Waals surface area contributed by atoms with Crippen molar-refractivity contribution in [1.82, 2.24) is 4.57 Å². The van der Waals surface area contributed by atoms with E-state index in [1.165, 1.54) is 11.3 Å². The van der Waals surface area contributed by atoms with E-state index in [2.05, 4.69) is 20.9 Å². The van der Waals surface area contributed by atoms with E-state index in [4.69, 9.17) is 18.9 Å². The number of esters is 1. The number of methoxy groups -OCH3 is 2. The fraction of sp³-hybridized carbons (Fsp3) is 0.296. The van der Waals surface area contributed by atoms with Crippen LogP contribution >= 0.6 is 27.3 Å². The molecule has 0 radical (unpaired) electrons. The van der Waals surface area contributed by atoms with E-state index in [0.717, 1.165) is 10.0 Å². The van der Waals surface area contributed by atoms with Crippen molar-refractivity contribution in [3.8, 4) is 17.2 Å². The molecule has 0 unspecified atom stereocenters. The predicted octanol–water partition coefficient (Wildman–Crippen LogP) is 3.98. The standard InChI is InChI=1S/C27H27BrN2O6S/c1-6-35-21-12-17(19(28)14-20(21)34-5)13-22-25(31)30-24(16-9-8-10-18(11-16)33-4)23(26(32)36-7-2)15(3)29-27(30)37-22/h8-14,24H,6-7H2,1-5H3/t24-/m0/s1. The molecule has 0 bridgehead atoms. The van der Waals surface area contributed by atoms with Crippen LogP contribution in [-0.2, 0) is 9.53 Å². The SMILES string of the molecule is CCOC(=O)C1=C(C)N=c2sc(=Cc3cc(OCC)c(OC)cc3Br)c(=O)n2[C@H]1c1cccc(OC)c1. The summed E-state index contributed by atoms with van der Waals surface area (Å²) in [6.45, 7) is 6.06. The molecule has 1 aromatic heterocycles. The van der Waals surface area contributed by atoms with Gasteiger partial charge >= 0.3 is 5.97 Å². The van der Waals surface area contributed by atoms with Gasteiger partial charge in [0.2, 0.25) is 0 Å². The number of fused-ring (bicyclic) bond motifs is 1. The summed E-state index contributed by atoms with van der Waals surface area (Å²) in [5, 5.41) is 0. The summed E-state index contributed by atoms with van der Waals surface area (Å²) < 4.78 is 24.6. The Labute approximate surface area is 226 Å². The minimum Gasteiger partial charge on any atom is -0.497 e. The third-order valence-electron chi connectivity index (χ3n) is 5.80. The highest BCUT2D eigenvalue weighted by molar-refractivity contribution is 9.10. The summed E-state index contributed by atoms with van der Waals surface area (Å²) in [4.78, 5) is 32.0. The molecule has 0 spiro atoms. The second-order valence-electron chi connectivity index (χ2n) is 8.04. The maximum absolute atomic E-state index is 13.8. The first-order valence-corrected chi connectivity index (χ1v) is 13.3. The Balaban J connectivity index is 1.95. The van der Waals surface area contributed by atoms with Crippen LogP contribution in [0.5, 0.6) is 17.2 Å². The number of rotatable bonds is 8. The second kappa shape index (κ2) is 11.4. The maximum atomic E-state index is 13.8. The number of allylic oxidation sites excluding steroid dienone is 1. The minimum atomic E-state index is -0.717. The molecule has 194 valence electrons. The molecule has 2 heterocycles. The van der Waals surface area contributed by atoms with Gasteiger partial charge in [-0.15, -0.1) is 0 Å². The number of halogens is 1. The van der Waals surface area contributed by atoms with Crippen molar-refractivity contribution in [2.45, 2.75) is 26.8 Å². The van der Waals surface area contributed by atoms with Gasteiger partial charge < -0.3 is 18.9 Å². The third kappa shape index (κ3) is 5.21. The van der Waals surface area contributed by atoms with Gasteiger partial charge in [0.1, 0.15) is 5.75 Å². The average molecular weight is 587 g/mol. The summed E-state index contributed by atoms with van der Waals surface area (Å²) >= 11 is 4.82. The lowest BCUT2D eigenvalue weighted by atomic mass is 9.95. The molecule has 10 heteroatoms. The first-order valence-electron chi connectivity index (χ1n) is 11.7. The molecule has 0 amide bonds. The van der Waals surface area contributed by atoms with Gasteiger partial charge in [0.25, 0.3) is 5.56 Å². The number of thiazole rings is 1. The minimum absolute atomic E-state index is 0.207. The molecule has 0 fully saturated rings. The molecule has 8 nitrogen and oxygen atoms in total. The van der Waals surface area contributed by atoms with Crippen molar-refractivity contribution in [3.05, 3.63) is 83.0 Å². The fourth-order valence-corrected chi connectivity index (χ4v) is 5.62. The topological polar surface area (TPSA) is 88.4 Å². The van der Waals surface area contributed by atoms with Crippen molar-refractivity contribution in [2.75, 3.05) is 27.4 Å². The molecule has 3 aromatic rings. The largest absolute Gasteiger partial charge is 0.497 e. The number of aromatic nitrogens is 1. The first-order chi connectivity index (χ1) is 17.8. The van der Waals surface area contributed by atoms with Crippen molar-refractivity contribution in [3.63, 3.8) is 0 Å². The summed E-state index contributed by atoms with van der Waals surface area (Å²) in [5.41, 5.74) is 2.01. The Hall–Kier alpha value is -3.37. The van der Waals surface area contributed by atoms with Crippen LogP contribution in [0.3, 0.4) is 0 Å². The summed E-state index contributed by atoms with van der Waals surface area (Å²) in [7, 11) is 3.14. The number of ether oxygens (including phenoxy) is 4. The number of hydrogen-bond acceptors (Lipinski definition) is 8. The van der Waals surface area contributed by atoms with Gasteiger partial charge in [0.05, 0.1) is 49.3 Å². The molecular formula is C27H27BrN2O6S. The summed E-state index contributed by atoms with van der Waals surface area (Å²) in [6, 6.07) is 10.2. The van der Waals surface area contributed by atoms with Gasteiger partial charge in [-0.1, -0.05) is 39.4 Å². The van der Waals surface area contributed by atoms with Gasteiger partial charge in [0, 0.05) is 4.47 Å². The average Bonchev–Trinajstić information content (AvgIpc) is 3.19. The molecule has 37 heavy (non-hydrogen) atoms. The Kier molecular flexibility index (Phi) is 8.19. The van der Waals surface area contributed by atoms with E-state index in [9.17, 15) is 9.59 Å². The van der Waals surface area contributed by atoms with Crippen molar-refractivity contribution in [1.29, 1.82) is 0 Å². The van der Waals surface area contributed by atoms with Crippen LogP contribution in [-0.4, -0.2) is 38.0 Å². The first kappa shape index (κ1) is 26.7. The second-order valence-corrected chi connectivity index (χ2v) is 9.90. The zero-order chi connectivity index (χ0) is 26.7. The van der Waals surface area contributed by atoms with Crippen LogP contribution in [0.4, 0.5) is 0 Å². The smallest absolute Gasteiger partial charge is 0.338 e. The number of carbonyl (C=O) groups excluding carboxylic acids is 1. The van der Waals surface area contributed by atoms with Crippen LogP contribution in [0.15, 0.2) is 61.9 Å². The monoisotopic (exact) mass is 586 g/mol. The highest BCUT2D eigenvalue weighted by Gasteiger charge is 2.33. The van der Waals surface area contributed by atoms with E-state index in [-0.39, 0.29) is 12.2 Å². The van der Waals surface area contributed by atoms with E-state index in [1.54, 1.807) is 44.8 Å². The predicted molar refractivity (Wildman–Crippen MR) is 145 cm³/mol. The quantitative estimate of drug-likeness (QED) is 0.371. The van der Waals surface area contributed by atoms with Crippen molar-refractivity contribution >= 4 is 39.3 Å². The summed E-state index contributed by atoms with van der Waals surface area (Å²) in [6.07, 6.45) is 1.78. The van der Waals surface area contributed by atoms with Crippen LogP contribution in [0, 0.1) is 0 Å². The zero-order valence-corrected chi connectivity index (χ0v) is 23.6. The molecule has 2 aromatic carbocycles. The van der Waals surface area contributed by atoms with Crippen LogP contribution in [0.1, 0.15) is 37.9 Å². The number of hydrogen-bond donors (Lipinski definition) is 0. The maximum Gasteiger partial charge on any atom is 0.338 e. The molecular weight excluding hydrogens is 560 g/mol. The lowest BCUT2D eigenvalue weighted by Gasteiger charge is -2.25. The van der Waals surface area contributed by atoms with E-state index in [1.807, 2.05) is 37.3 Å². The Morgan fingerprint density at radius 1 is 1.14 bits per heavy atom. The number of benzene rings is 2. The number of nitrogens with zero attached hydrogens (tertiary/aromatic N) is 2. The van der Waals surface area contributed by atoms with Crippen molar-refractivity contribution < 1.29 is 23.7 Å². The Bertz CT molecular complexity index is 1560. The molecule has 0 saturated carbocycles. The molecule has 0 aliphatic carbocycles. The lowest BCUT2D eigenvalue weighted by Crippen LogP contribution is -2.39.